The maximum Gasteiger partial charge on any atom is 0.348 e. The van der Waals surface area contributed by atoms with E-state index in [0.29, 0.717) is 5.69 Å². The van der Waals surface area contributed by atoms with E-state index in [-0.39, 0.29) is 44.0 Å². The molecule has 2 heterocycles. The van der Waals surface area contributed by atoms with Gasteiger partial charge < -0.3 is 14.7 Å². The molecule has 7 heteroatoms. The second-order valence-corrected chi connectivity index (χ2v) is 6.21. The smallest absolute Gasteiger partial charge is 0.348 e. The van der Waals surface area contributed by atoms with Crippen molar-refractivity contribution in [3.8, 4) is 5.75 Å². The lowest BCUT2D eigenvalue weighted by Gasteiger charge is -2.38. The lowest BCUT2D eigenvalue weighted by Crippen LogP contribution is -2.54. The molecule has 0 aliphatic carbocycles. The number of carboxylic acids is 1. The van der Waals surface area contributed by atoms with Gasteiger partial charge >= 0.3 is 5.97 Å². The van der Waals surface area contributed by atoms with Gasteiger partial charge in [0.2, 0.25) is 11.5 Å². The average molecular weight is 358 g/mol. The largest absolute Gasteiger partial charge is 0.478 e. The predicted molar refractivity (Wildman–Crippen MR) is 91.1 cm³/mol. The second-order valence-electron chi connectivity index (χ2n) is 6.21. The molecule has 0 radical (unpaired) electrons. The minimum Gasteiger partial charge on any atom is -0.478 e. The molecule has 1 aromatic carbocycles. The zero-order valence-electron chi connectivity index (χ0n) is 14.1. The zero-order chi connectivity index (χ0) is 18.6. The number of carboxylic acid groups (broad SMARTS) is 1. The second kappa shape index (κ2) is 7.51. The molecular weight excluding hydrogens is 339 g/mol. The number of rotatable bonds is 5. The molecule has 1 aliphatic heterocycles. The van der Waals surface area contributed by atoms with Gasteiger partial charge in [-0.25, -0.2) is 9.18 Å². The maximum absolute atomic E-state index is 13.8. The summed E-state index contributed by atoms with van der Waals surface area (Å²) in [4.78, 5) is 29.9. The van der Waals surface area contributed by atoms with Crippen LogP contribution < -0.4 is 4.74 Å². The number of piperidine rings is 1. The monoisotopic (exact) mass is 358 g/mol. The van der Waals surface area contributed by atoms with E-state index >= 15 is 0 Å². The SMILES string of the molecule is O=C(Cc1ccccn1)N1CCC(Oc2ccccc2F)(C(=O)O)CC1. The van der Waals surface area contributed by atoms with E-state index in [1.165, 1.54) is 18.2 Å². The molecule has 6 nitrogen and oxygen atoms in total. The van der Waals surface area contributed by atoms with Crippen molar-refractivity contribution in [3.63, 3.8) is 0 Å². The van der Waals surface area contributed by atoms with Crippen molar-refractivity contribution in [3.05, 3.63) is 60.2 Å². The van der Waals surface area contributed by atoms with Gasteiger partial charge in [-0.1, -0.05) is 18.2 Å². The number of likely N-dealkylation sites (tertiary alicyclic amines) is 1. The van der Waals surface area contributed by atoms with Crippen LogP contribution in [-0.2, 0) is 16.0 Å². The Balaban J connectivity index is 1.67. The summed E-state index contributed by atoms with van der Waals surface area (Å²) >= 11 is 0. The van der Waals surface area contributed by atoms with E-state index in [4.69, 9.17) is 4.74 Å². The van der Waals surface area contributed by atoms with Gasteiger partial charge in [0.1, 0.15) is 0 Å². The molecule has 0 spiro atoms. The molecule has 136 valence electrons. The number of halogens is 1. The van der Waals surface area contributed by atoms with Crippen LogP contribution >= 0.6 is 0 Å². The van der Waals surface area contributed by atoms with Gasteiger partial charge in [-0.3, -0.25) is 9.78 Å². The van der Waals surface area contributed by atoms with Gasteiger partial charge in [0, 0.05) is 37.8 Å². The Labute approximate surface area is 150 Å². The number of aromatic nitrogens is 1. The first kappa shape index (κ1) is 17.8. The van der Waals surface area contributed by atoms with E-state index in [2.05, 4.69) is 4.98 Å². The summed E-state index contributed by atoms with van der Waals surface area (Å²) in [5.41, 5.74) is -0.876. The van der Waals surface area contributed by atoms with E-state index < -0.39 is 17.4 Å². The molecule has 1 fully saturated rings. The summed E-state index contributed by atoms with van der Waals surface area (Å²) in [5, 5.41) is 9.64. The fourth-order valence-electron chi connectivity index (χ4n) is 2.98. The van der Waals surface area contributed by atoms with E-state index in [9.17, 15) is 19.1 Å². The van der Waals surface area contributed by atoms with Gasteiger partial charge in [0.15, 0.2) is 11.6 Å². The summed E-state index contributed by atoms with van der Waals surface area (Å²) < 4.78 is 19.4. The molecule has 1 aromatic heterocycles. The average Bonchev–Trinajstić information content (AvgIpc) is 2.65. The molecule has 2 aromatic rings. The highest BCUT2D eigenvalue weighted by molar-refractivity contribution is 5.81. The van der Waals surface area contributed by atoms with E-state index in [1.54, 1.807) is 29.3 Å². The van der Waals surface area contributed by atoms with Crippen LogP contribution in [0, 0.1) is 5.82 Å². The first-order chi connectivity index (χ1) is 12.5. The van der Waals surface area contributed by atoms with Crippen LogP contribution in [0.25, 0.3) is 0 Å². The fourth-order valence-corrected chi connectivity index (χ4v) is 2.98. The lowest BCUT2D eigenvalue weighted by molar-refractivity contribution is -0.162. The van der Waals surface area contributed by atoms with Crippen molar-refractivity contribution in [2.45, 2.75) is 24.9 Å². The van der Waals surface area contributed by atoms with Gasteiger partial charge in [0.25, 0.3) is 0 Å². The number of carbonyl (C=O) groups is 2. The molecule has 0 saturated carbocycles. The van der Waals surface area contributed by atoms with Gasteiger partial charge in [-0.15, -0.1) is 0 Å². The fraction of sp³-hybridized carbons (Fsp3) is 0.316. The number of nitrogens with zero attached hydrogens (tertiary/aromatic N) is 2. The van der Waals surface area contributed by atoms with Crippen LogP contribution in [0.15, 0.2) is 48.7 Å². The molecule has 0 bridgehead atoms. The molecule has 1 N–H and O–H groups in total. The van der Waals surface area contributed by atoms with E-state index in [0.717, 1.165) is 0 Å². The Morgan fingerprint density at radius 2 is 1.85 bits per heavy atom. The van der Waals surface area contributed by atoms with Crippen LogP contribution in [0.5, 0.6) is 5.75 Å². The quantitative estimate of drug-likeness (QED) is 0.887. The van der Waals surface area contributed by atoms with Crippen molar-refractivity contribution in [1.82, 2.24) is 9.88 Å². The van der Waals surface area contributed by atoms with Crippen molar-refractivity contribution < 1.29 is 23.8 Å². The van der Waals surface area contributed by atoms with Crippen LogP contribution in [-0.4, -0.2) is 45.6 Å². The zero-order valence-corrected chi connectivity index (χ0v) is 14.1. The Morgan fingerprint density at radius 3 is 2.46 bits per heavy atom. The predicted octanol–water partition coefficient (Wildman–Crippen LogP) is 2.29. The molecule has 0 atom stereocenters. The summed E-state index contributed by atoms with van der Waals surface area (Å²) in [5.74, 6) is -1.98. The molecule has 3 rings (SSSR count). The standard InChI is InChI=1S/C19H19FN2O4/c20-15-6-1-2-7-16(15)26-19(18(24)25)8-11-22(12-9-19)17(23)13-14-5-3-4-10-21-14/h1-7,10H,8-9,11-13H2,(H,24,25). The number of carbonyl (C=O) groups excluding carboxylic acids is 1. The normalized spacial score (nSPS) is 16.1. The third-order valence-corrected chi connectivity index (χ3v) is 4.51. The molecular formula is C19H19FN2O4. The van der Waals surface area contributed by atoms with Crippen LogP contribution in [0.1, 0.15) is 18.5 Å². The highest BCUT2D eigenvalue weighted by atomic mass is 19.1. The number of hydrogen-bond acceptors (Lipinski definition) is 4. The molecule has 0 unspecified atom stereocenters. The minimum atomic E-state index is -1.54. The highest BCUT2D eigenvalue weighted by Gasteiger charge is 2.45. The number of hydrogen-bond donors (Lipinski definition) is 1. The maximum atomic E-state index is 13.8. The summed E-state index contributed by atoms with van der Waals surface area (Å²) in [7, 11) is 0. The number of amides is 1. The lowest BCUT2D eigenvalue weighted by atomic mass is 9.90. The van der Waals surface area contributed by atoms with Gasteiger partial charge in [-0.05, 0) is 24.3 Å². The summed E-state index contributed by atoms with van der Waals surface area (Å²) in [6.45, 7) is 0.457. The number of ether oxygens (including phenoxy) is 1. The summed E-state index contributed by atoms with van der Waals surface area (Å²) in [6, 6.07) is 11.1. The molecule has 1 aliphatic rings. The topological polar surface area (TPSA) is 79.7 Å². The number of para-hydroxylation sites is 1. The van der Waals surface area contributed by atoms with Crippen LogP contribution in [0.3, 0.4) is 0 Å². The van der Waals surface area contributed by atoms with Crippen molar-refractivity contribution in [2.24, 2.45) is 0 Å². The Bertz CT molecular complexity index is 789. The number of aliphatic carboxylic acids is 1. The molecule has 1 saturated heterocycles. The first-order valence-corrected chi connectivity index (χ1v) is 8.35. The highest BCUT2D eigenvalue weighted by Crippen LogP contribution is 2.31. The minimum absolute atomic E-state index is 0.0879. The van der Waals surface area contributed by atoms with Crippen molar-refractivity contribution >= 4 is 11.9 Å². The summed E-state index contributed by atoms with van der Waals surface area (Å²) in [6.07, 6.45) is 1.96. The van der Waals surface area contributed by atoms with Gasteiger partial charge in [-0.2, -0.15) is 0 Å². The Morgan fingerprint density at radius 1 is 1.15 bits per heavy atom. The Kier molecular flexibility index (Phi) is 5.16. The van der Waals surface area contributed by atoms with Gasteiger partial charge in [0.05, 0.1) is 6.42 Å². The Hall–Kier alpha value is -2.96. The van der Waals surface area contributed by atoms with Crippen molar-refractivity contribution in [1.29, 1.82) is 0 Å². The third kappa shape index (κ3) is 3.82. The molecule has 1 amide bonds. The number of benzene rings is 1. The third-order valence-electron chi connectivity index (χ3n) is 4.51. The van der Waals surface area contributed by atoms with E-state index in [1.807, 2.05) is 6.07 Å². The molecule has 26 heavy (non-hydrogen) atoms. The van der Waals surface area contributed by atoms with Crippen LogP contribution in [0.2, 0.25) is 0 Å². The first-order valence-electron chi connectivity index (χ1n) is 8.35. The van der Waals surface area contributed by atoms with Crippen molar-refractivity contribution in [2.75, 3.05) is 13.1 Å². The number of pyridine rings is 1. The van der Waals surface area contributed by atoms with Crippen LogP contribution in [0.4, 0.5) is 4.39 Å².